The van der Waals surface area contributed by atoms with E-state index in [2.05, 4.69) is 6.58 Å². The number of carbonyl (C=O) groups excluding carboxylic acids is 3. The molecular formula is C26H28ClN3O4. The molecule has 2 unspecified atom stereocenters. The fourth-order valence-corrected chi connectivity index (χ4v) is 4.78. The lowest BCUT2D eigenvalue weighted by atomic mass is 10.0. The van der Waals surface area contributed by atoms with Gasteiger partial charge in [0.05, 0.1) is 6.61 Å². The Hall–Kier alpha value is -3.16. The minimum atomic E-state index is -0.670. The van der Waals surface area contributed by atoms with Gasteiger partial charge in [-0.15, -0.1) is 0 Å². The van der Waals surface area contributed by atoms with Crippen LogP contribution in [0, 0.1) is 0 Å². The second kappa shape index (κ2) is 9.99. The van der Waals surface area contributed by atoms with Crippen LogP contribution in [0.3, 0.4) is 0 Å². The molecule has 0 radical (unpaired) electrons. The number of piperazine rings is 1. The molecule has 7 nitrogen and oxygen atoms in total. The predicted octanol–water partition coefficient (Wildman–Crippen LogP) is 3.60. The number of hydrogen-bond acceptors (Lipinski definition) is 5. The fourth-order valence-electron chi connectivity index (χ4n) is 4.65. The molecule has 8 heteroatoms. The average molecular weight is 482 g/mol. The van der Waals surface area contributed by atoms with Gasteiger partial charge in [0.2, 0.25) is 5.91 Å². The Morgan fingerprint density at radius 3 is 2.24 bits per heavy atom. The lowest BCUT2D eigenvalue weighted by Crippen LogP contribution is -2.55. The summed E-state index contributed by atoms with van der Waals surface area (Å²) in [6.45, 7) is 9.73. The topological polar surface area (TPSA) is 70.2 Å². The van der Waals surface area contributed by atoms with E-state index in [1.54, 1.807) is 43.0 Å². The van der Waals surface area contributed by atoms with Crippen molar-refractivity contribution >= 4 is 35.1 Å². The smallest absolute Gasteiger partial charge is 0.328 e. The first-order valence-corrected chi connectivity index (χ1v) is 11.8. The normalized spacial score (nSPS) is 18.0. The first kappa shape index (κ1) is 24.0. The van der Waals surface area contributed by atoms with E-state index < -0.39 is 12.1 Å². The Kier molecular flexibility index (Phi) is 7.05. The van der Waals surface area contributed by atoms with Gasteiger partial charge in [-0.05, 0) is 37.6 Å². The number of fused-ring (bicyclic) bond motifs is 1. The molecule has 0 aromatic heterocycles. The molecule has 1 saturated heterocycles. The summed E-state index contributed by atoms with van der Waals surface area (Å²) in [5.41, 5.74) is 2.67. The zero-order chi connectivity index (χ0) is 24.4. The number of carbonyl (C=O) groups is 3. The van der Waals surface area contributed by atoms with Gasteiger partial charge in [0.25, 0.3) is 5.91 Å². The highest BCUT2D eigenvalue weighted by molar-refractivity contribution is 6.30. The Morgan fingerprint density at radius 1 is 1.03 bits per heavy atom. The predicted molar refractivity (Wildman–Crippen MR) is 130 cm³/mol. The van der Waals surface area contributed by atoms with Gasteiger partial charge in [-0.2, -0.15) is 0 Å². The monoisotopic (exact) mass is 481 g/mol. The first-order chi connectivity index (χ1) is 16.3. The van der Waals surface area contributed by atoms with Crippen LogP contribution < -0.4 is 0 Å². The lowest BCUT2D eigenvalue weighted by Gasteiger charge is -2.40. The number of hydrogen-bond donors (Lipinski definition) is 0. The maximum absolute atomic E-state index is 13.3. The summed E-state index contributed by atoms with van der Waals surface area (Å²) in [5, 5.41) is 0.593. The van der Waals surface area contributed by atoms with Crippen molar-refractivity contribution in [3.63, 3.8) is 0 Å². The molecule has 0 spiro atoms. The van der Waals surface area contributed by atoms with Crippen LogP contribution in [0.25, 0.3) is 5.70 Å². The highest BCUT2D eigenvalue weighted by Crippen LogP contribution is 2.33. The van der Waals surface area contributed by atoms with E-state index in [-0.39, 0.29) is 24.4 Å². The lowest BCUT2D eigenvalue weighted by molar-refractivity contribution is -0.151. The second-order valence-electron chi connectivity index (χ2n) is 8.41. The van der Waals surface area contributed by atoms with Crippen molar-refractivity contribution in [3.8, 4) is 0 Å². The second-order valence-corrected chi connectivity index (χ2v) is 8.85. The maximum Gasteiger partial charge on any atom is 0.328 e. The molecule has 1 fully saturated rings. The number of nitrogens with zero attached hydrogens (tertiary/aromatic N) is 3. The third-order valence-electron chi connectivity index (χ3n) is 6.41. The molecule has 2 amide bonds. The van der Waals surface area contributed by atoms with Crippen molar-refractivity contribution in [2.24, 2.45) is 0 Å². The highest BCUT2D eigenvalue weighted by Gasteiger charge is 2.39. The third kappa shape index (κ3) is 4.45. The van der Waals surface area contributed by atoms with Crippen molar-refractivity contribution in [1.82, 2.24) is 14.7 Å². The SMILES string of the molecule is C=C1c2ccccc2C(=O)N1C(C)C(=O)N1CCN(C(C(=O)OCC)c2ccc(Cl)cc2)CC1. The molecule has 2 aromatic rings. The standard InChI is InChI=1S/C26H28ClN3O4/c1-4-34-26(33)23(19-9-11-20(27)12-10-19)28-13-15-29(16-14-28)24(31)18(3)30-17(2)21-7-5-6-8-22(21)25(30)32/h5-12,18,23H,2,4,13-16H2,1,3H3. The van der Waals surface area contributed by atoms with Crippen LogP contribution in [0.2, 0.25) is 5.02 Å². The van der Waals surface area contributed by atoms with Crippen molar-refractivity contribution in [3.05, 3.63) is 76.8 Å². The van der Waals surface area contributed by atoms with Crippen LogP contribution in [0.5, 0.6) is 0 Å². The molecule has 34 heavy (non-hydrogen) atoms. The summed E-state index contributed by atoms with van der Waals surface area (Å²) in [7, 11) is 0. The van der Waals surface area contributed by atoms with E-state index >= 15 is 0 Å². The minimum absolute atomic E-state index is 0.138. The zero-order valence-electron chi connectivity index (χ0n) is 19.4. The molecule has 0 bridgehead atoms. The van der Waals surface area contributed by atoms with Crippen LogP contribution in [0.15, 0.2) is 55.1 Å². The molecule has 4 rings (SSSR count). The summed E-state index contributed by atoms with van der Waals surface area (Å²) in [4.78, 5) is 44.3. The molecule has 2 aromatic carbocycles. The van der Waals surface area contributed by atoms with E-state index in [9.17, 15) is 14.4 Å². The summed E-state index contributed by atoms with van der Waals surface area (Å²) in [5.74, 6) is -0.666. The fraction of sp³-hybridized carbons (Fsp3) is 0.346. The number of rotatable bonds is 6. The molecule has 0 aliphatic carbocycles. The number of halogens is 1. The van der Waals surface area contributed by atoms with E-state index in [0.717, 1.165) is 11.1 Å². The number of amides is 2. The van der Waals surface area contributed by atoms with Gasteiger partial charge in [0.15, 0.2) is 0 Å². The van der Waals surface area contributed by atoms with Crippen LogP contribution in [0.1, 0.15) is 41.4 Å². The molecule has 2 aliphatic heterocycles. The number of ether oxygens (including phenoxy) is 1. The van der Waals surface area contributed by atoms with Crippen LogP contribution >= 0.6 is 11.6 Å². The first-order valence-electron chi connectivity index (χ1n) is 11.4. The van der Waals surface area contributed by atoms with Crippen molar-refractivity contribution in [2.45, 2.75) is 25.9 Å². The van der Waals surface area contributed by atoms with Gasteiger partial charge >= 0.3 is 5.97 Å². The zero-order valence-corrected chi connectivity index (χ0v) is 20.1. The third-order valence-corrected chi connectivity index (χ3v) is 6.66. The van der Waals surface area contributed by atoms with Gasteiger partial charge in [-0.25, -0.2) is 4.79 Å². The van der Waals surface area contributed by atoms with Crippen LogP contribution in [0.4, 0.5) is 0 Å². The van der Waals surface area contributed by atoms with Gasteiger partial charge in [-0.1, -0.05) is 48.5 Å². The molecule has 0 N–H and O–H groups in total. The van der Waals surface area contributed by atoms with Crippen molar-refractivity contribution in [1.29, 1.82) is 0 Å². The molecule has 2 heterocycles. The number of esters is 1. The largest absolute Gasteiger partial charge is 0.465 e. The Balaban J connectivity index is 1.44. The number of benzene rings is 2. The van der Waals surface area contributed by atoms with E-state index in [1.165, 1.54) is 4.90 Å². The molecule has 0 saturated carbocycles. The maximum atomic E-state index is 13.3. The Labute approximate surface area is 204 Å². The minimum Gasteiger partial charge on any atom is -0.465 e. The van der Waals surface area contributed by atoms with Crippen LogP contribution in [-0.4, -0.2) is 71.3 Å². The Bertz CT molecular complexity index is 1070. The summed E-state index contributed by atoms with van der Waals surface area (Å²) < 4.78 is 5.33. The Morgan fingerprint density at radius 2 is 1.65 bits per heavy atom. The quantitative estimate of drug-likeness (QED) is 0.589. The van der Waals surface area contributed by atoms with E-state index in [0.29, 0.717) is 42.5 Å². The highest BCUT2D eigenvalue weighted by atomic mass is 35.5. The van der Waals surface area contributed by atoms with Crippen molar-refractivity contribution in [2.75, 3.05) is 32.8 Å². The van der Waals surface area contributed by atoms with E-state index in [4.69, 9.17) is 16.3 Å². The summed E-state index contributed by atoms with van der Waals surface area (Å²) in [6.07, 6.45) is 0. The molecular weight excluding hydrogens is 454 g/mol. The summed E-state index contributed by atoms with van der Waals surface area (Å²) in [6, 6.07) is 13.2. The average Bonchev–Trinajstić information content (AvgIpc) is 3.10. The molecule has 2 atom stereocenters. The van der Waals surface area contributed by atoms with Gasteiger partial charge < -0.3 is 9.64 Å². The van der Waals surface area contributed by atoms with Gasteiger partial charge in [0.1, 0.15) is 12.1 Å². The summed E-state index contributed by atoms with van der Waals surface area (Å²) >= 11 is 6.02. The molecule has 178 valence electrons. The van der Waals surface area contributed by atoms with Crippen LogP contribution in [-0.2, 0) is 14.3 Å². The van der Waals surface area contributed by atoms with E-state index in [1.807, 2.05) is 29.2 Å². The van der Waals surface area contributed by atoms with Crippen molar-refractivity contribution < 1.29 is 19.1 Å². The van der Waals surface area contributed by atoms with Gasteiger partial charge in [-0.3, -0.25) is 19.4 Å². The molecule has 2 aliphatic rings. The van der Waals surface area contributed by atoms with Gasteiger partial charge in [0, 0.05) is 48.0 Å².